The van der Waals surface area contributed by atoms with Crippen molar-refractivity contribution in [1.82, 2.24) is 0 Å². The lowest BCUT2D eigenvalue weighted by Gasteiger charge is -2.13. The van der Waals surface area contributed by atoms with Gasteiger partial charge in [0.15, 0.2) is 0 Å². The quantitative estimate of drug-likeness (QED) is 0.0968. The van der Waals surface area contributed by atoms with Gasteiger partial charge in [-0.15, -0.1) is 0 Å². The molecule has 0 fully saturated rings. The number of rotatable bonds is 28. The highest BCUT2D eigenvalue weighted by atomic mass is 16.3. The molecule has 2 nitrogen and oxygen atoms in total. The predicted molar refractivity (Wildman–Crippen MR) is 173 cm³/mol. The van der Waals surface area contributed by atoms with E-state index in [4.69, 9.17) is 0 Å². The molecule has 0 unspecified atom stereocenters. The van der Waals surface area contributed by atoms with Crippen molar-refractivity contribution in [3.05, 3.63) is 0 Å². The van der Waals surface area contributed by atoms with Crippen LogP contribution < -0.4 is 0 Å². The SMILES string of the molecule is CCCCCCCCCCCCCC[C@@H](O)C(C)C.CCCCCCCCCCCCCC[C@H](O)C(C)C. The number of aliphatic hydroxyl groups is 2. The maximum Gasteiger partial charge on any atom is 0.0563 e. The number of hydrogen-bond acceptors (Lipinski definition) is 2. The Morgan fingerprint density at radius 2 is 0.500 bits per heavy atom. The van der Waals surface area contributed by atoms with Crippen molar-refractivity contribution < 1.29 is 10.2 Å². The van der Waals surface area contributed by atoms with E-state index in [1.54, 1.807) is 0 Å². The van der Waals surface area contributed by atoms with E-state index in [-0.39, 0.29) is 12.2 Å². The molecular formula is C36H76O2. The van der Waals surface area contributed by atoms with Crippen LogP contribution in [0, 0.1) is 11.8 Å². The van der Waals surface area contributed by atoms with Gasteiger partial charge < -0.3 is 10.2 Å². The molecule has 0 spiro atoms. The van der Waals surface area contributed by atoms with E-state index in [2.05, 4.69) is 41.5 Å². The van der Waals surface area contributed by atoms with Crippen molar-refractivity contribution in [1.29, 1.82) is 0 Å². The largest absolute Gasteiger partial charge is 0.393 e. The molecule has 38 heavy (non-hydrogen) atoms. The van der Waals surface area contributed by atoms with Crippen LogP contribution in [-0.2, 0) is 0 Å². The fourth-order valence-electron chi connectivity index (χ4n) is 5.06. The highest BCUT2D eigenvalue weighted by Crippen LogP contribution is 2.16. The summed E-state index contributed by atoms with van der Waals surface area (Å²) < 4.78 is 0. The van der Waals surface area contributed by atoms with Gasteiger partial charge in [0.2, 0.25) is 0 Å². The minimum absolute atomic E-state index is 0.0804. The van der Waals surface area contributed by atoms with Crippen molar-refractivity contribution in [3.8, 4) is 0 Å². The van der Waals surface area contributed by atoms with Gasteiger partial charge in [-0.2, -0.15) is 0 Å². The molecule has 232 valence electrons. The normalized spacial score (nSPS) is 13.1. The Labute approximate surface area is 242 Å². The smallest absolute Gasteiger partial charge is 0.0563 e. The molecule has 0 heterocycles. The van der Waals surface area contributed by atoms with Crippen molar-refractivity contribution in [2.24, 2.45) is 11.8 Å². The van der Waals surface area contributed by atoms with Gasteiger partial charge in [0.25, 0.3) is 0 Å². The molecule has 0 aliphatic carbocycles. The zero-order chi connectivity index (χ0) is 28.7. The van der Waals surface area contributed by atoms with E-state index in [1.165, 1.54) is 154 Å². The monoisotopic (exact) mass is 541 g/mol. The summed E-state index contributed by atoms with van der Waals surface area (Å²) in [5.41, 5.74) is 0. The number of aliphatic hydroxyl groups excluding tert-OH is 2. The van der Waals surface area contributed by atoms with Crippen LogP contribution in [0.15, 0.2) is 0 Å². The van der Waals surface area contributed by atoms with Gasteiger partial charge in [-0.1, -0.05) is 196 Å². The highest BCUT2D eigenvalue weighted by molar-refractivity contribution is 4.60. The van der Waals surface area contributed by atoms with Gasteiger partial charge in [0, 0.05) is 0 Å². The van der Waals surface area contributed by atoms with Crippen molar-refractivity contribution >= 4 is 0 Å². The third-order valence-electron chi connectivity index (χ3n) is 8.25. The fourth-order valence-corrected chi connectivity index (χ4v) is 5.06. The third-order valence-corrected chi connectivity index (χ3v) is 8.25. The lowest BCUT2D eigenvalue weighted by Crippen LogP contribution is -2.13. The molecule has 2 heteroatoms. The topological polar surface area (TPSA) is 40.5 Å². The second-order valence-corrected chi connectivity index (χ2v) is 13.0. The van der Waals surface area contributed by atoms with Crippen LogP contribution in [0.25, 0.3) is 0 Å². The number of unbranched alkanes of at least 4 members (excludes halogenated alkanes) is 22. The summed E-state index contributed by atoms with van der Waals surface area (Å²) in [4.78, 5) is 0. The van der Waals surface area contributed by atoms with E-state index in [0.717, 1.165) is 12.8 Å². The molecule has 0 amide bonds. The van der Waals surface area contributed by atoms with Gasteiger partial charge in [-0.05, 0) is 24.7 Å². The summed E-state index contributed by atoms with van der Waals surface area (Å²) in [6.07, 6.45) is 35.1. The second-order valence-electron chi connectivity index (χ2n) is 13.0. The van der Waals surface area contributed by atoms with E-state index in [0.29, 0.717) is 11.8 Å². The minimum atomic E-state index is -0.0804. The highest BCUT2D eigenvalue weighted by Gasteiger charge is 2.08. The Kier molecular flexibility index (Phi) is 34.9. The summed E-state index contributed by atoms with van der Waals surface area (Å²) in [7, 11) is 0. The third kappa shape index (κ3) is 33.9. The molecular weight excluding hydrogens is 464 g/mol. The Hall–Kier alpha value is -0.0800. The van der Waals surface area contributed by atoms with Crippen LogP contribution >= 0.6 is 0 Å². The van der Waals surface area contributed by atoms with Crippen LogP contribution in [0.4, 0.5) is 0 Å². The van der Waals surface area contributed by atoms with E-state index in [1.807, 2.05) is 0 Å². The number of hydrogen-bond donors (Lipinski definition) is 2. The van der Waals surface area contributed by atoms with Gasteiger partial charge in [-0.25, -0.2) is 0 Å². The van der Waals surface area contributed by atoms with Crippen molar-refractivity contribution in [2.75, 3.05) is 0 Å². The van der Waals surface area contributed by atoms with Crippen LogP contribution in [0.3, 0.4) is 0 Å². The van der Waals surface area contributed by atoms with Crippen LogP contribution in [0.5, 0.6) is 0 Å². The summed E-state index contributed by atoms with van der Waals surface area (Å²) in [5, 5.41) is 19.4. The zero-order valence-electron chi connectivity index (χ0n) is 27.6. The van der Waals surface area contributed by atoms with Crippen LogP contribution in [0.1, 0.15) is 208 Å². The molecule has 0 aromatic carbocycles. The minimum Gasteiger partial charge on any atom is -0.393 e. The molecule has 2 N–H and O–H groups in total. The van der Waals surface area contributed by atoms with Gasteiger partial charge >= 0.3 is 0 Å². The molecule has 0 radical (unpaired) electrons. The van der Waals surface area contributed by atoms with Crippen molar-refractivity contribution in [3.63, 3.8) is 0 Å². The molecule has 0 aromatic rings. The van der Waals surface area contributed by atoms with E-state index >= 15 is 0 Å². The first kappa shape index (κ1) is 40.1. The summed E-state index contributed by atoms with van der Waals surface area (Å²) in [6, 6.07) is 0. The Morgan fingerprint density at radius 3 is 0.684 bits per heavy atom. The fraction of sp³-hybridized carbons (Fsp3) is 1.00. The van der Waals surface area contributed by atoms with Crippen molar-refractivity contribution in [2.45, 2.75) is 221 Å². The maximum absolute atomic E-state index is 9.69. The van der Waals surface area contributed by atoms with E-state index < -0.39 is 0 Å². The molecule has 0 bridgehead atoms. The Bertz CT molecular complexity index is 368. The Morgan fingerprint density at radius 1 is 0.316 bits per heavy atom. The molecule has 0 rings (SSSR count). The van der Waals surface area contributed by atoms with Crippen LogP contribution in [-0.4, -0.2) is 22.4 Å². The summed E-state index contributed by atoms with van der Waals surface area (Å²) in [6.45, 7) is 13.0. The average molecular weight is 541 g/mol. The summed E-state index contributed by atoms with van der Waals surface area (Å²) in [5.74, 6) is 0.848. The summed E-state index contributed by atoms with van der Waals surface area (Å²) >= 11 is 0. The Balaban J connectivity index is 0. The maximum atomic E-state index is 9.69. The van der Waals surface area contributed by atoms with Gasteiger partial charge in [0.1, 0.15) is 0 Å². The molecule has 0 aromatic heterocycles. The lowest BCUT2D eigenvalue weighted by atomic mass is 10.00. The molecule has 0 aliphatic heterocycles. The average Bonchev–Trinajstić information content (AvgIpc) is 2.89. The van der Waals surface area contributed by atoms with Gasteiger partial charge in [0.05, 0.1) is 12.2 Å². The first-order valence-corrected chi connectivity index (χ1v) is 17.7. The molecule has 2 atom stereocenters. The molecule has 0 aliphatic rings. The van der Waals surface area contributed by atoms with Crippen LogP contribution in [0.2, 0.25) is 0 Å². The van der Waals surface area contributed by atoms with Gasteiger partial charge in [-0.3, -0.25) is 0 Å². The lowest BCUT2D eigenvalue weighted by molar-refractivity contribution is 0.113. The first-order valence-electron chi connectivity index (χ1n) is 17.7. The second kappa shape index (κ2) is 33.1. The molecule has 0 saturated heterocycles. The zero-order valence-corrected chi connectivity index (χ0v) is 27.6. The predicted octanol–water partition coefficient (Wildman–Crippen LogP) is 12.2. The molecule has 0 saturated carbocycles. The standard InChI is InChI=1S/2C18H38O/c2*1-4-5-6-7-8-9-10-11-12-13-14-15-16-18(19)17(2)3/h2*17-19H,4-16H2,1-3H3/t2*18-/m10/s1. The first-order chi connectivity index (χ1) is 18.4. The van der Waals surface area contributed by atoms with E-state index in [9.17, 15) is 10.2 Å².